The highest BCUT2D eigenvalue weighted by atomic mass is 16.4. The zero-order chi connectivity index (χ0) is 15.2. The second-order valence-electron chi connectivity index (χ2n) is 7.03. The van der Waals surface area contributed by atoms with Crippen molar-refractivity contribution in [3.63, 3.8) is 0 Å². The van der Waals surface area contributed by atoms with Gasteiger partial charge in [0.1, 0.15) is 5.52 Å². The first kappa shape index (κ1) is 14.1. The van der Waals surface area contributed by atoms with E-state index in [4.69, 9.17) is 9.52 Å². The van der Waals surface area contributed by atoms with Gasteiger partial charge < -0.3 is 9.52 Å². The summed E-state index contributed by atoms with van der Waals surface area (Å²) in [4.78, 5) is 15.7. The first-order valence-corrected chi connectivity index (χ1v) is 7.48. The van der Waals surface area contributed by atoms with Crippen LogP contribution in [0.3, 0.4) is 0 Å². The average Bonchev–Trinajstić information content (AvgIpc) is 3.03. The summed E-state index contributed by atoms with van der Waals surface area (Å²) in [5.74, 6) is -0.129. The van der Waals surface area contributed by atoms with Gasteiger partial charge in [-0.3, -0.25) is 4.79 Å². The number of oxazole rings is 1. The molecule has 21 heavy (non-hydrogen) atoms. The van der Waals surface area contributed by atoms with E-state index in [2.05, 4.69) is 37.9 Å². The van der Waals surface area contributed by atoms with Crippen LogP contribution < -0.4 is 0 Å². The molecule has 2 atom stereocenters. The van der Waals surface area contributed by atoms with Crippen LogP contribution in [-0.2, 0) is 10.2 Å². The van der Waals surface area contributed by atoms with Crippen molar-refractivity contribution in [1.29, 1.82) is 0 Å². The number of hydrogen-bond donors (Lipinski definition) is 1. The molecule has 1 saturated carbocycles. The molecule has 0 radical (unpaired) electrons. The Balaban J connectivity index is 1.90. The highest BCUT2D eigenvalue weighted by Crippen LogP contribution is 2.39. The van der Waals surface area contributed by atoms with Crippen molar-refractivity contribution >= 4 is 17.1 Å². The van der Waals surface area contributed by atoms with Crippen LogP contribution in [0.5, 0.6) is 0 Å². The minimum absolute atomic E-state index is 0.0784. The van der Waals surface area contributed by atoms with Gasteiger partial charge in [-0.1, -0.05) is 26.8 Å². The van der Waals surface area contributed by atoms with E-state index in [0.29, 0.717) is 18.7 Å². The quantitative estimate of drug-likeness (QED) is 0.903. The molecular weight excluding hydrogens is 266 g/mol. The Morgan fingerprint density at radius 2 is 2.10 bits per heavy atom. The molecule has 4 nitrogen and oxygen atoms in total. The minimum atomic E-state index is -0.705. The molecule has 0 amide bonds. The van der Waals surface area contributed by atoms with Crippen molar-refractivity contribution < 1.29 is 14.3 Å². The van der Waals surface area contributed by atoms with E-state index in [1.54, 1.807) is 0 Å². The maximum Gasteiger partial charge on any atom is 0.306 e. The lowest BCUT2D eigenvalue weighted by atomic mass is 9.87. The molecule has 0 saturated heterocycles. The number of nitrogens with zero attached hydrogens (tertiary/aromatic N) is 1. The molecule has 2 unspecified atom stereocenters. The first-order valence-electron chi connectivity index (χ1n) is 7.48. The SMILES string of the molecule is CC(C)(C)c1ccc2oc(C3CCC(C(=O)O)C3)nc2c1. The lowest BCUT2D eigenvalue weighted by Gasteiger charge is -2.18. The van der Waals surface area contributed by atoms with Crippen LogP contribution >= 0.6 is 0 Å². The van der Waals surface area contributed by atoms with Gasteiger partial charge in [0, 0.05) is 5.92 Å². The van der Waals surface area contributed by atoms with Gasteiger partial charge in [-0.05, 0) is 42.4 Å². The fourth-order valence-electron chi connectivity index (χ4n) is 3.02. The zero-order valence-corrected chi connectivity index (χ0v) is 12.7. The van der Waals surface area contributed by atoms with Crippen LogP contribution in [0.15, 0.2) is 22.6 Å². The standard InChI is InChI=1S/C17H21NO3/c1-17(2,3)12-6-7-14-13(9-12)18-15(21-14)10-4-5-11(8-10)16(19)20/h6-7,9-11H,4-5,8H2,1-3H3,(H,19,20). The van der Waals surface area contributed by atoms with Gasteiger partial charge in [0.2, 0.25) is 0 Å². The predicted molar refractivity (Wildman–Crippen MR) is 80.4 cm³/mol. The second kappa shape index (κ2) is 4.86. The molecule has 1 aliphatic rings. The predicted octanol–water partition coefficient (Wildman–Crippen LogP) is 4.09. The molecule has 1 aliphatic carbocycles. The Labute approximate surface area is 124 Å². The third-order valence-corrected chi connectivity index (χ3v) is 4.40. The maximum absolute atomic E-state index is 11.1. The summed E-state index contributed by atoms with van der Waals surface area (Å²) in [6, 6.07) is 6.12. The van der Waals surface area contributed by atoms with Crippen molar-refractivity contribution in [2.45, 2.75) is 51.4 Å². The molecule has 112 valence electrons. The van der Waals surface area contributed by atoms with Crippen LogP contribution in [0.1, 0.15) is 57.4 Å². The van der Waals surface area contributed by atoms with E-state index in [0.717, 1.165) is 17.5 Å². The molecule has 1 fully saturated rings. The fraction of sp³-hybridized carbons (Fsp3) is 0.529. The number of aliphatic carboxylic acids is 1. The van der Waals surface area contributed by atoms with Gasteiger partial charge >= 0.3 is 5.97 Å². The minimum Gasteiger partial charge on any atom is -0.481 e. The number of fused-ring (bicyclic) bond motifs is 1. The van der Waals surface area contributed by atoms with Gasteiger partial charge in [0.05, 0.1) is 5.92 Å². The van der Waals surface area contributed by atoms with Crippen LogP contribution in [0.4, 0.5) is 0 Å². The lowest BCUT2D eigenvalue weighted by molar-refractivity contribution is -0.141. The molecular formula is C17H21NO3. The first-order chi connectivity index (χ1) is 9.84. The van der Waals surface area contributed by atoms with Crippen LogP contribution in [0.2, 0.25) is 0 Å². The third kappa shape index (κ3) is 2.67. The van der Waals surface area contributed by atoms with Crippen LogP contribution in [0, 0.1) is 5.92 Å². The van der Waals surface area contributed by atoms with Gasteiger partial charge in [-0.2, -0.15) is 0 Å². The Kier molecular flexibility index (Phi) is 3.27. The molecule has 0 aliphatic heterocycles. The number of carboxylic acid groups (broad SMARTS) is 1. The largest absolute Gasteiger partial charge is 0.481 e. The van der Waals surface area contributed by atoms with Gasteiger partial charge in [0.25, 0.3) is 0 Å². The molecule has 0 spiro atoms. The van der Waals surface area contributed by atoms with Gasteiger partial charge in [-0.15, -0.1) is 0 Å². The monoisotopic (exact) mass is 287 g/mol. The number of rotatable bonds is 2. The van der Waals surface area contributed by atoms with E-state index in [-0.39, 0.29) is 17.3 Å². The maximum atomic E-state index is 11.1. The molecule has 1 aromatic carbocycles. The number of carbonyl (C=O) groups is 1. The molecule has 3 rings (SSSR count). The van der Waals surface area contributed by atoms with Crippen molar-refractivity contribution in [3.8, 4) is 0 Å². The average molecular weight is 287 g/mol. The van der Waals surface area contributed by atoms with Crippen molar-refractivity contribution in [2.24, 2.45) is 5.92 Å². The van der Waals surface area contributed by atoms with E-state index in [9.17, 15) is 4.79 Å². The Morgan fingerprint density at radius 3 is 2.71 bits per heavy atom. The van der Waals surface area contributed by atoms with Crippen molar-refractivity contribution in [1.82, 2.24) is 4.98 Å². The molecule has 4 heteroatoms. The van der Waals surface area contributed by atoms with Crippen molar-refractivity contribution in [3.05, 3.63) is 29.7 Å². The Bertz CT molecular complexity index is 681. The summed E-state index contributed by atoms with van der Waals surface area (Å²) in [5.41, 5.74) is 2.97. The van der Waals surface area contributed by atoms with E-state index >= 15 is 0 Å². The number of carboxylic acids is 1. The van der Waals surface area contributed by atoms with Gasteiger partial charge in [-0.25, -0.2) is 4.98 Å². The van der Waals surface area contributed by atoms with Crippen LogP contribution in [0.25, 0.3) is 11.1 Å². The topological polar surface area (TPSA) is 63.3 Å². The molecule has 1 heterocycles. The highest BCUT2D eigenvalue weighted by molar-refractivity contribution is 5.74. The number of hydrogen-bond acceptors (Lipinski definition) is 3. The van der Waals surface area contributed by atoms with E-state index in [1.165, 1.54) is 5.56 Å². The summed E-state index contributed by atoms with van der Waals surface area (Å²) >= 11 is 0. The lowest BCUT2D eigenvalue weighted by Crippen LogP contribution is -2.10. The van der Waals surface area contributed by atoms with E-state index < -0.39 is 5.97 Å². The number of benzene rings is 1. The second-order valence-corrected chi connectivity index (χ2v) is 7.03. The molecule has 1 N–H and O–H groups in total. The zero-order valence-electron chi connectivity index (χ0n) is 12.7. The summed E-state index contributed by atoms with van der Waals surface area (Å²) < 4.78 is 5.84. The molecule has 2 aromatic rings. The summed E-state index contributed by atoms with van der Waals surface area (Å²) in [6.07, 6.45) is 2.19. The van der Waals surface area contributed by atoms with Gasteiger partial charge in [0.15, 0.2) is 11.5 Å². The Morgan fingerprint density at radius 1 is 1.33 bits per heavy atom. The fourth-order valence-corrected chi connectivity index (χ4v) is 3.02. The highest BCUT2D eigenvalue weighted by Gasteiger charge is 2.33. The smallest absolute Gasteiger partial charge is 0.306 e. The third-order valence-electron chi connectivity index (χ3n) is 4.40. The molecule has 1 aromatic heterocycles. The van der Waals surface area contributed by atoms with Crippen LogP contribution in [-0.4, -0.2) is 16.1 Å². The normalized spacial score (nSPS) is 22.8. The van der Waals surface area contributed by atoms with Crippen molar-refractivity contribution in [2.75, 3.05) is 0 Å². The Hall–Kier alpha value is -1.84. The summed E-state index contributed by atoms with van der Waals surface area (Å²) in [6.45, 7) is 6.51. The molecule has 0 bridgehead atoms. The summed E-state index contributed by atoms with van der Waals surface area (Å²) in [5, 5.41) is 9.09. The van der Waals surface area contributed by atoms with E-state index in [1.807, 2.05) is 6.07 Å². The summed E-state index contributed by atoms with van der Waals surface area (Å²) in [7, 11) is 0. The number of aromatic nitrogens is 1.